The third-order valence-electron chi connectivity index (χ3n) is 21.7. The van der Waals surface area contributed by atoms with Gasteiger partial charge in [-0.15, -0.1) is 0 Å². The fourth-order valence-electron chi connectivity index (χ4n) is 17.5. The topological polar surface area (TPSA) is 13.0 Å². The van der Waals surface area contributed by atoms with E-state index in [2.05, 4.69) is 384 Å². The van der Waals surface area contributed by atoms with Gasteiger partial charge in [-0.3, -0.25) is 0 Å². The molecule has 0 atom stereocenters. The first kappa shape index (κ1) is 58.1. The molecule has 0 radical (unpaired) electrons. The van der Waals surface area contributed by atoms with Gasteiger partial charge < -0.3 is 19.6 Å². The zero-order valence-corrected chi connectivity index (χ0v) is 56.1. The molecular formula is C96H60BClN4. The molecule has 2 heterocycles. The SMILES string of the molecule is Clc1c(N(c2ccccc2)c2cccc3c2ccc2ccccc23)cccc1N(c1ccccc1)c1ccc2ccc3cccc4ccc1c2c34.c1ccc(N2c3cccc4c3B(c3ccc5c(ccc6ccccc65)c32)c2cc3ccc5cccc6ccc(c2N4c2ccccc2)c3c56)cc1. The van der Waals surface area contributed by atoms with Gasteiger partial charge in [-0.2, -0.15) is 0 Å². The highest BCUT2D eigenvalue weighted by molar-refractivity contribution is 7.01. The number of hydrogen-bond acceptors (Lipinski definition) is 4. The average molecular weight is 1320 g/mol. The van der Waals surface area contributed by atoms with Crippen molar-refractivity contribution in [2.75, 3.05) is 19.6 Å². The highest BCUT2D eigenvalue weighted by Gasteiger charge is 2.45. The first-order chi connectivity index (χ1) is 50.6. The minimum Gasteiger partial charge on any atom is -0.311 e. The van der Waals surface area contributed by atoms with Crippen LogP contribution in [0.4, 0.5) is 68.2 Å². The van der Waals surface area contributed by atoms with E-state index in [9.17, 15) is 0 Å². The summed E-state index contributed by atoms with van der Waals surface area (Å²) in [5.41, 5.74) is 17.4. The van der Waals surface area contributed by atoms with Crippen molar-refractivity contribution in [3.05, 3.63) is 369 Å². The van der Waals surface area contributed by atoms with E-state index < -0.39 is 0 Å². The van der Waals surface area contributed by atoms with E-state index in [0.717, 1.165) is 39.5 Å². The summed E-state index contributed by atoms with van der Waals surface area (Å²) in [7, 11) is 0. The molecule has 20 aromatic rings. The Labute approximate surface area is 595 Å². The van der Waals surface area contributed by atoms with Gasteiger partial charge in [0.25, 0.3) is 6.71 Å². The molecule has 4 nitrogen and oxygen atoms in total. The molecule has 0 spiro atoms. The molecule has 6 heteroatoms. The monoisotopic (exact) mass is 1310 g/mol. The Hall–Kier alpha value is -12.9. The lowest BCUT2D eigenvalue weighted by Gasteiger charge is -2.45. The summed E-state index contributed by atoms with van der Waals surface area (Å²) >= 11 is 7.76. The largest absolute Gasteiger partial charge is 0.311 e. The zero-order valence-electron chi connectivity index (χ0n) is 55.4. The quantitative estimate of drug-likeness (QED) is 0.111. The predicted molar refractivity (Wildman–Crippen MR) is 439 cm³/mol. The second-order valence-corrected chi connectivity index (χ2v) is 27.5. The third kappa shape index (κ3) is 8.78. The van der Waals surface area contributed by atoms with Gasteiger partial charge >= 0.3 is 0 Å². The van der Waals surface area contributed by atoms with Crippen LogP contribution in [0.2, 0.25) is 5.02 Å². The number of rotatable bonds is 8. The van der Waals surface area contributed by atoms with E-state index in [-0.39, 0.29) is 6.71 Å². The minimum absolute atomic E-state index is 0.0407. The summed E-state index contributed by atoms with van der Waals surface area (Å²) < 4.78 is 0. The van der Waals surface area contributed by atoms with Crippen LogP contribution in [0.25, 0.3) is 108 Å². The lowest BCUT2D eigenvalue weighted by molar-refractivity contribution is 1.26. The van der Waals surface area contributed by atoms with Crippen LogP contribution < -0.4 is 36.0 Å². The van der Waals surface area contributed by atoms with Crippen molar-refractivity contribution >= 4 is 211 Å². The van der Waals surface area contributed by atoms with Gasteiger partial charge in [0.2, 0.25) is 0 Å². The smallest absolute Gasteiger partial charge is 0.252 e. The van der Waals surface area contributed by atoms with Crippen LogP contribution in [-0.2, 0) is 0 Å². The number of benzene rings is 20. The Balaban J connectivity index is 0.000000133. The van der Waals surface area contributed by atoms with Crippen molar-refractivity contribution in [2.45, 2.75) is 0 Å². The summed E-state index contributed by atoms with van der Waals surface area (Å²) in [4.78, 5) is 9.69. The molecule has 0 unspecified atom stereocenters. The Bertz CT molecular complexity index is 6660. The highest BCUT2D eigenvalue weighted by Crippen LogP contribution is 2.53. The third-order valence-corrected chi connectivity index (χ3v) is 22.1. The van der Waals surface area contributed by atoms with E-state index >= 15 is 0 Å². The van der Waals surface area contributed by atoms with Crippen LogP contribution in [0.3, 0.4) is 0 Å². The summed E-state index contributed by atoms with van der Waals surface area (Å²) in [6.45, 7) is 0.0407. The molecule has 20 aromatic carbocycles. The maximum absolute atomic E-state index is 7.76. The van der Waals surface area contributed by atoms with Crippen LogP contribution in [0.15, 0.2) is 364 Å². The normalized spacial score (nSPS) is 12.5. The number of halogens is 1. The predicted octanol–water partition coefficient (Wildman–Crippen LogP) is 25.5. The van der Waals surface area contributed by atoms with E-state index in [4.69, 9.17) is 11.6 Å². The molecule has 0 aliphatic carbocycles. The first-order valence-electron chi connectivity index (χ1n) is 35.1. The van der Waals surface area contributed by atoms with Crippen LogP contribution in [0, 0.1) is 0 Å². The van der Waals surface area contributed by atoms with Crippen LogP contribution in [-0.4, -0.2) is 6.71 Å². The number of fused-ring (bicyclic) bond motifs is 12. The molecule has 0 bridgehead atoms. The van der Waals surface area contributed by atoms with E-state index in [1.807, 2.05) is 0 Å². The number of para-hydroxylation sites is 4. The molecule has 0 fully saturated rings. The van der Waals surface area contributed by atoms with Gasteiger partial charge in [0.15, 0.2) is 0 Å². The fraction of sp³-hybridized carbons (Fsp3) is 0. The number of hydrogen-bond donors (Lipinski definition) is 0. The molecule has 0 saturated carbocycles. The highest BCUT2D eigenvalue weighted by atomic mass is 35.5. The van der Waals surface area contributed by atoms with Crippen molar-refractivity contribution in [3.63, 3.8) is 0 Å². The van der Waals surface area contributed by atoms with Gasteiger partial charge in [0.05, 0.1) is 27.8 Å². The van der Waals surface area contributed by atoms with Gasteiger partial charge in [0.1, 0.15) is 0 Å². The molecule has 2 aliphatic heterocycles. The van der Waals surface area contributed by atoms with Crippen molar-refractivity contribution in [1.82, 2.24) is 0 Å². The minimum atomic E-state index is 0.0407. The van der Waals surface area contributed by atoms with E-state index in [0.29, 0.717) is 5.02 Å². The Kier molecular flexibility index (Phi) is 13.1. The van der Waals surface area contributed by atoms with Gasteiger partial charge in [-0.05, 0) is 187 Å². The van der Waals surface area contributed by atoms with Crippen LogP contribution in [0.1, 0.15) is 0 Å². The van der Waals surface area contributed by atoms with Gasteiger partial charge in [0, 0.05) is 67.0 Å². The second kappa shape index (κ2) is 23.1. The lowest BCUT2D eigenvalue weighted by atomic mass is 9.33. The summed E-state index contributed by atoms with van der Waals surface area (Å²) in [6, 6.07) is 133. The lowest BCUT2D eigenvalue weighted by Crippen LogP contribution is -2.61. The van der Waals surface area contributed by atoms with Crippen LogP contribution in [0.5, 0.6) is 0 Å². The Morgan fingerprint density at radius 3 is 1.20 bits per heavy atom. The summed E-state index contributed by atoms with van der Waals surface area (Å²) in [5.74, 6) is 0. The average Bonchev–Trinajstić information content (AvgIpc) is 0.683. The summed E-state index contributed by atoms with van der Waals surface area (Å²) in [5, 5.41) is 25.9. The van der Waals surface area contributed by atoms with Crippen molar-refractivity contribution in [2.24, 2.45) is 0 Å². The Morgan fingerprint density at radius 1 is 0.235 bits per heavy atom. The molecule has 0 saturated heterocycles. The molecule has 474 valence electrons. The molecule has 0 amide bonds. The van der Waals surface area contributed by atoms with Gasteiger partial charge in [-0.1, -0.05) is 291 Å². The number of anilines is 12. The second-order valence-electron chi connectivity index (χ2n) is 27.1. The molecular weight excluding hydrogens is 1260 g/mol. The molecule has 0 N–H and O–H groups in total. The molecule has 2 aliphatic rings. The molecule has 22 rings (SSSR count). The number of nitrogens with zero attached hydrogens (tertiary/aromatic N) is 4. The van der Waals surface area contributed by atoms with E-state index in [1.165, 1.54) is 153 Å². The van der Waals surface area contributed by atoms with Crippen molar-refractivity contribution < 1.29 is 0 Å². The van der Waals surface area contributed by atoms with Gasteiger partial charge in [-0.25, -0.2) is 0 Å². The summed E-state index contributed by atoms with van der Waals surface area (Å²) in [6.07, 6.45) is 0. The fourth-order valence-corrected chi connectivity index (χ4v) is 17.7. The van der Waals surface area contributed by atoms with Crippen LogP contribution >= 0.6 is 11.6 Å². The first-order valence-corrected chi connectivity index (χ1v) is 35.5. The van der Waals surface area contributed by atoms with Crippen molar-refractivity contribution in [3.8, 4) is 0 Å². The van der Waals surface area contributed by atoms with Crippen molar-refractivity contribution in [1.29, 1.82) is 0 Å². The maximum Gasteiger partial charge on any atom is 0.252 e. The standard InChI is InChI=1S/C48H29BN2.C48H31ClN2/c1-3-14-34(15-4-1)50-42-19-10-20-43-46(42)49(40-28-27-37-36-18-8-7-11-30(36)23-25-38(37)47(40)50)41-29-33-22-21-31-12-9-13-32-24-26-39(45(33)44(31)32)48(41)51(43)35-16-5-2-6-17-35;49-48-44(50(36-15-3-1-4-16-36)42-21-10-20-39-38-19-8-7-12-32(38)26-29-40(39)42)22-11-23-45(48)51(37-17-5-2-6-18-37)43-31-28-35-25-24-33-13-9-14-34-27-30-41(43)47(35)46(33)34/h1-29H;1-31H. The zero-order chi connectivity index (χ0) is 67.1. The van der Waals surface area contributed by atoms with E-state index in [1.54, 1.807) is 0 Å². The maximum atomic E-state index is 7.76. The molecule has 0 aromatic heterocycles. The Morgan fingerprint density at radius 2 is 0.608 bits per heavy atom. The molecule has 102 heavy (non-hydrogen) atoms.